The SMILES string of the molecule is CCOc1cc(/C=C2/C(=O)N(c3c(F)c(F)c(F)c(F)c3F)N=C2C)cc(I)c1OCc1cccc(F)c1. The number of hydrogen-bond acceptors (Lipinski definition) is 4. The fourth-order valence-electron chi connectivity index (χ4n) is 3.64. The van der Waals surface area contributed by atoms with Gasteiger partial charge in [-0.1, -0.05) is 12.1 Å². The summed E-state index contributed by atoms with van der Waals surface area (Å²) in [6.45, 7) is 3.41. The van der Waals surface area contributed by atoms with Crippen molar-refractivity contribution >= 4 is 46.0 Å². The van der Waals surface area contributed by atoms with Crippen LogP contribution in [0, 0.1) is 38.5 Å². The van der Waals surface area contributed by atoms with E-state index in [1.807, 2.05) is 22.6 Å². The van der Waals surface area contributed by atoms with Gasteiger partial charge in [-0.15, -0.1) is 0 Å². The average Bonchev–Trinajstić information content (AvgIpc) is 3.14. The largest absolute Gasteiger partial charge is 0.490 e. The molecule has 1 aliphatic rings. The van der Waals surface area contributed by atoms with E-state index in [1.54, 1.807) is 31.2 Å². The van der Waals surface area contributed by atoms with E-state index in [1.165, 1.54) is 25.1 Å². The number of carbonyl (C=O) groups excluding carboxylic acids is 1. The third-order valence-corrected chi connectivity index (χ3v) is 6.18. The Bertz CT molecular complexity index is 1480. The molecule has 3 aromatic rings. The zero-order valence-electron chi connectivity index (χ0n) is 19.7. The quantitative estimate of drug-likeness (QED) is 0.0923. The Kier molecular flexibility index (Phi) is 7.99. The molecule has 0 atom stereocenters. The van der Waals surface area contributed by atoms with E-state index in [9.17, 15) is 31.1 Å². The highest BCUT2D eigenvalue weighted by Gasteiger charge is 2.37. The lowest BCUT2D eigenvalue weighted by Crippen LogP contribution is -2.25. The Morgan fingerprint density at radius 3 is 2.24 bits per heavy atom. The van der Waals surface area contributed by atoms with E-state index in [0.29, 0.717) is 26.2 Å². The molecule has 3 aromatic carbocycles. The molecule has 1 amide bonds. The Morgan fingerprint density at radius 1 is 0.947 bits per heavy atom. The molecule has 38 heavy (non-hydrogen) atoms. The van der Waals surface area contributed by atoms with Gasteiger partial charge in [0, 0.05) is 0 Å². The lowest BCUT2D eigenvalue weighted by Gasteiger charge is -2.16. The standard InChI is InChI=1S/C26H17F6IN2O3/c1-3-37-18-10-14(9-17(33)25(18)38-11-13-5-4-6-15(27)7-13)8-16-12(2)34-35(26(16)36)24-22(31)20(29)19(28)21(30)23(24)32/h4-10H,3,11H2,1-2H3/b16-8+. The molecule has 198 valence electrons. The minimum Gasteiger partial charge on any atom is -0.490 e. The topological polar surface area (TPSA) is 51.1 Å². The summed E-state index contributed by atoms with van der Waals surface area (Å²) in [6, 6.07) is 9.05. The summed E-state index contributed by atoms with van der Waals surface area (Å²) in [5.74, 6) is -11.9. The normalized spacial score (nSPS) is 14.3. The molecule has 0 saturated carbocycles. The van der Waals surface area contributed by atoms with Crippen LogP contribution in [0.1, 0.15) is 25.0 Å². The Labute approximate surface area is 226 Å². The van der Waals surface area contributed by atoms with Crippen LogP contribution in [-0.4, -0.2) is 18.2 Å². The first kappa shape index (κ1) is 27.5. The van der Waals surface area contributed by atoms with E-state index < -0.39 is 46.5 Å². The van der Waals surface area contributed by atoms with E-state index >= 15 is 0 Å². The summed E-state index contributed by atoms with van der Waals surface area (Å²) >= 11 is 1.98. The number of amides is 1. The van der Waals surface area contributed by atoms with Gasteiger partial charge >= 0.3 is 0 Å². The molecule has 5 nitrogen and oxygen atoms in total. The van der Waals surface area contributed by atoms with Crippen molar-refractivity contribution in [3.63, 3.8) is 0 Å². The lowest BCUT2D eigenvalue weighted by molar-refractivity contribution is -0.114. The number of benzene rings is 3. The highest BCUT2D eigenvalue weighted by atomic mass is 127. The highest BCUT2D eigenvalue weighted by molar-refractivity contribution is 14.1. The molecular weight excluding hydrogens is 629 g/mol. The first-order valence-corrected chi connectivity index (χ1v) is 12.1. The fourth-order valence-corrected chi connectivity index (χ4v) is 4.42. The van der Waals surface area contributed by atoms with Gasteiger partial charge in [0.15, 0.2) is 34.8 Å². The Balaban J connectivity index is 1.68. The van der Waals surface area contributed by atoms with Gasteiger partial charge in [0.25, 0.3) is 5.91 Å². The smallest absolute Gasteiger partial charge is 0.280 e. The van der Waals surface area contributed by atoms with Crippen LogP contribution in [-0.2, 0) is 11.4 Å². The predicted molar refractivity (Wildman–Crippen MR) is 136 cm³/mol. The zero-order valence-corrected chi connectivity index (χ0v) is 21.9. The molecule has 0 N–H and O–H groups in total. The molecule has 0 spiro atoms. The molecule has 1 heterocycles. The summed E-state index contributed by atoms with van der Waals surface area (Å²) < 4.78 is 95.1. The van der Waals surface area contributed by atoms with Crippen molar-refractivity contribution in [3.8, 4) is 11.5 Å². The molecule has 4 rings (SSSR count). The minimum atomic E-state index is -2.34. The van der Waals surface area contributed by atoms with Gasteiger partial charge in [0.1, 0.15) is 18.1 Å². The van der Waals surface area contributed by atoms with Crippen molar-refractivity contribution in [1.82, 2.24) is 0 Å². The van der Waals surface area contributed by atoms with Crippen LogP contribution in [0.4, 0.5) is 32.0 Å². The van der Waals surface area contributed by atoms with Gasteiger partial charge < -0.3 is 9.47 Å². The third kappa shape index (κ3) is 5.22. The first-order chi connectivity index (χ1) is 18.0. The lowest BCUT2D eigenvalue weighted by atomic mass is 10.1. The summed E-state index contributed by atoms with van der Waals surface area (Å²) in [5.41, 5.74) is -0.627. The molecule has 0 bridgehead atoms. The maximum Gasteiger partial charge on any atom is 0.280 e. The summed E-state index contributed by atoms with van der Waals surface area (Å²) in [4.78, 5) is 13.0. The second kappa shape index (κ2) is 11.1. The van der Waals surface area contributed by atoms with Gasteiger partial charge in [-0.05, 0) is 77.9 Å². The van der Waals surface area contributed by atoms with Crippen LogP contribution in [0.2, 0.25) is 0 Å². The maximum absolute atomic E-state index is 14.3. The Morgan fingerprint density at radius 2 is 1.61 bits per heavy atom. The van der Waals surface area contributed by atoms with Crippen LogP contribution < -0.4 is 14.5 Å². The van der Waals surface area contributed by atoms with Crippen LogP contribution in [0.15, 0.2) is 47.1 Å². The van der Waals surface area contributed by atoms with Gasteiger partial charge in [0.2, 0.25) is 5.82 Å². The first-order valence-electron chi connectivity index (χ1n) is 11.0. The van der Waals surface area contributed by atoms with E-state index in [0.717, 1.165) is 0 Å². The number of hydrogen-bond donors (Lipinski definition) is 0. The number of carbonyl (C=O) groups is 1. The predicted octanol–water partition coefficient (Wildman–Crippen LogP) is 6.91. The molecule has 0 fully saturated rings. The van der Waals surface area contributed by atoms with Crippen molar-refractivity contribution in [2.24, 2.45) is 5.10 Å². The van der Waals surface area contributed by atoms with Gasteiger partial charge in [-0.25, -0.2) is 26.3 Å². The second-order valence-corrected chi connectivity index (χ2v) is 9.12. The van der Waals surface area contributed by atoms with Crippen molar-refractivity contribution in [3.05, 3.63) is 91.6 Å². The molecular formula is C26H17F6IN2O3. The van der Waals surface area contributed by atoms with Crippen LogP contribution in [0.25, 0.3) is 6.08 Å². The van der Waals surface area contributed by atoms with Crippen LogP contribution in [0.3, 0.4) is 0 Å². The number of rotatable bonds is 7. The second-order valence-electron chi connectivity index (χ2n) is 7.96. The summed E-state index contributed by atoms with van der Waals surface area (Å²) in [7, 11) is 0. The maximum atomic E-state index is 14.3. The number of ether oxygens (including phenoxy) is 2. The average molecular weight is 646 g/mol. The van der Waals surface area contributed by atoms with Crippen LogP contribution >= 0.6 is 22.6 Å². The minimum absolute atomic E-state index is 0.0154. The number of nitrogens with zero attached hydrogens (tertiary/aromatic N) is 2. The molecule has 0 unspecified atom stereocenters. The van der Waals surface area contributed by atoms with Crippen molar-refractivity contribution in [1.29, 1.82) is 0 Å². The Hall–Kier alpha value is -3.55. The van der Waals surface area contributed by atoms with Gasteiger partial charge in [0.05, 0.1) is 21.5 Å². The van der Waals surface area contributed by atoms with Gasteiger partial charge in [-0.2, -0.15) is 10.1 Å². The van der Waals surface area contributed by atoms with Gasteiger partial charge in [-0.3, -0.25) is 4.79 Å². The van der Waals surface area contributed by atoms with Crippen molar-refractivity contribution in [2.75, 3.05) is 11.6 Å². The van der Waals surface area contributed by atoms with Crippen molar-refractivity contribution < 1.29 is 40.6 Å². The van der Waals surface area contributed by atoms with E-state index in [4.69, 9.17) is 9.47 Å². The molecule has 0 radical (unpaired) electrons. The van der Waals surface area contributed by atoms with Crippen LogP contribution in [0.5, 0.6) is 11.5 Å². The number of halogens is 7. The molecule has 0 aliphatic carbocycles. The summed E-state index contributed by atoms with van der Waals surface area (Å²) in [6.07, 6.45) is 1.34. The molecule has 0 aromatic heterocycles. The molecule has 0 saturated heterocycles. The van der Waals surface area contributed by atoms with E-state index in [2.05, 4.69) is 5.10 Å². The molecule has 1 aliphatic heterocycles. The zero-order chi connectivity index (χ0) is 27.7. The number of anilines is 1. The monoisotopic (exact) mass is 646 g/mol. The molecule has 12 heteroatoms. The third-order valence-electron chi connectivity index (χ3n) is 5.38. The van der Waals surface area contributed by atoms with E-state index in [-0.39, 0.29) is 29.5 Å². The number of hydrazone groups is 1. The highest BCUT2D eigenvalue weighted by Crippen LogP contribution is 2.37. The van der Waals surface area contributed by atoms with Crippen molar-refractivity contribution in [2.45, 2.75) is 20.5 Å². The fraction of sp³-hybridized carbons (Fsp3) is 0.154. The summed E-state index contributed by atoms with van der Waals surface area (Å²) in [5, 5.41) is 3.87.